The van der Waals surface area contributed by atoms with Crippen LogP contribution in [0.15, 0.2) is 122 Å². The fraction of sp³-hybridized carbons (Fsp3) is 0.735. The minimum Gasteiger partial charge on any atom is -0.462 e. The first-order valence-electron chi connectivity index (χ1n) is 39.0. The molecule has 0 heterocycles. The molecule has 0 saturated heterocycles. The lowest BCUT2D eigenvalue weighted by molar-refractivity contribution is -0.161. The summed E-state index contributed by atoms with van der Waals surface area (Å²) in [6.07, 6.45) is 109. The van der Waals surface area contributed by atoms with Crippen molar-refractivity contribution in [1.82, 2.24) is 0 Å². The first kappa shape index (κ1) is 89.4. The number of allylic oxidation sites excluding steroid dienone is 20. The van der Waals surface area contributed by atoms with Crippen molar-refractivity contribution in [3.8, 4) is 0 Å². The number of esters is 2. The van der Waals surface area contributed by atoms with E-state index in [1.807, 2.05) is 0 Å². The van der Waals surface area contributed by atoms with E-state index < -0.39 is 26.5 Å². The Morgan fingerprint density at radius 3 is 0.828 bits per heavy atom. The van der Waals surface area contributed by atoms with Crippen LogP contribution in [-0.4, -0.2) is 49.3 Å². The van der Waals surface area contributed by atoms with Gasteiger partial charge in [0.25, 0.3) is 0 Å². The van der Waals surface area contributed by atoms with Crippen LogP contribution in [0, 0.1) is 0 Å². The van der Waals surface area contributed by atoms with Gasteiger partial charge >= 0.3 is 19.8 Å². The van der Waals surface area contributed by atoms with E-state index >= 15 is 0 Å². The summed E-state index contributed by atoms with van der Waals surface area (Å²) in [5.74, 6) is -0.814. The van der Waals surface area contributed by atoms with Crippen molar-refractivity contribution in [2.75, 3.05) is 26.4 Å². The second kappa shape index (κ2) is 77.4. The monoisotopic (exact) mass is 1320 g/mol. The summed E-state index contributed by atoms with van der Waals surface area (Å²) in [5, 5.41) is 0. The number of carbonyl (C=O) groups excluding carboxylic acids is 2. The molecule has 9 nitrogen and oxygen atoms in total. The van der Waals surface area contributed by atoms with Gasteiger partial charge in [-0.05, 0) is 103 Å². The molecule has 0 aliphatic heterocycles. The Morgan fingerprint density at radius 1 is 0.323 bits per heavy atom. The van der Waals surface area contributed by atoms with E-state index in [4.69, 9.17) is 24.3 Å². The van der Waals surface area contributed by atoms with E-state index in [0.717, 1.165) is 103 Å². The fourth-order valence-electron chi connectivity index (χ4n) is 11.2. The van der Waals surface area contributed by atoms with Gasteiger partial charge in [0.05, 0.1) is 13.2 Å². The Morgan fingerprint density at radius 2 is 0.559 bits per heavy atom. The molecule has 0 fully saturated rings. The maximum absolute atomic E-state index is 12.8. The third-order valence-electron chi connectivity index (χ3n) is 16.8. The van der Waals surface area contributed by atoms with E-state index in [1.165, 1.54) is 225 Å². The van der Waals surface area contributed by atoms with Crippen molar-refractivity contribution >= 4 is 19.8 Å². The molecule has 0 radical (unpaired) electrons. The largest absolute Gasteiger partial charge is 0.472 e. The summed E-state index contributed by atoms with van der Waals surface area (Å²) in [6, 6.07) is 0. The number of hydrogen-bond donors (Lipinski definition) is 2. The van der Waals surface area contributed by atoms with Gasteiger partial charge < -0.3 is 20.1 Å². The van der Waals surface area contributed by atoms with E-state index in [9.17, 15) is 19.0 Å². The maximum Gasteiger partial charge on any atom is 0.472 e. The second-order valence-corrected chi connectivity index (χ2v) is 27.3. The van der Waals surface area contributed by atoms with E-state index in [2.05, 4.69) is 135 Å². The molecule has 2 unspecified atom stereocenters. The van der Waals surface area contributed by atoms with Gasteiger partial charge in [-0.15, -0.1) is 0 Å². The maximum atomic E-state index is 12.8. The van der Waals surface area contributed by atoms with Crippen molar-refractivity contribution in [2.24, 2.45) is 5.73 Å². The second-order valence-electron chi connectivity index (χ2n) is 25.8. The highest BCUT2D eigenvalue weighted by Gasteiger charge is 2.26. The number of nitrogens with two attached hydrogens (primary N) is 1. The zero-order valence-corrected chi connectivity index (χ0v) is 61.4. The number of carbonyl (C=O) groups is 2. The van der Waals surface area contributed by atoms with Gasteiger partial charge in [0, 0.05) is 19.4 Å². The van der Waals surface area contributed by atoms with Crippen molar-refractivity contribution in [3.63, 3.8) is 0 Å². The Kier molecular flexibility index (Phi) is 74.4. The average Bonchev–Trinajstić information content (AvgIpc) is 3.70. The van der Waals surface area contributed by atoms with Crippen molar-refractivity contribution < 1.29 is 37.6 Å². The fourth-order valence-corrected chi connectivity index (χ4v) is 11.9. The normalized spacial score (nSPS) is 13.5. The quantitative estimate of drug-likeness (QED) is 0.0264. The number of phosphoric acid groups is 1. The molecule has 536 valence electrons. The number of rotatable bonds is 73. The van der Waals surface area contributed by atoms with Gasteiger partial charge in [-0.2, -0.15) is 0 Å². The zero-order chi connectivity index (χ0) is 67.2. The summed E-state index contributed by atoms with van der Waals surface area (Å²) in [6.45, 7) is 3.56. The molecular weight excluding hydrogens is 1170 g/mol. The Hall–Kier alpha value is -3.59. The molecule has 0 aliphatic carbocycles. The van der Waals surface area contributed by atoms with Crippen LogP contribution in [0.5, 0.6) is 0 Å². The first-order chi connectivity index (χ1) is 45.8. The van der Waals surface area contributed by atoms with Gasteiger partial charge in [0.15, 0.2) is 6.10 Å². The first-order valence-corrected chi connectivity index (χ1v) is 40.5. The van der Waals surface area contributed by atoms with Gasteiger partial charge in [-0.3, -0.25) is 18.6 Å². The average molecular weight is 1320 g/mol. The summed E-state index contributed by atoms with van der Waals surface area (Å²) >= 11 is 0. The summed E-state index contributed by atoms with van der Waals surface area (Å²) in [5.41, 5.74) is 5.41. The highest BCUT2D eigenvalue weighted by molar-refractivity contribution is 7.47. The van der Waals surface area contributed by atoms with Crippen LogP contribution in [0.4, 0.5) is 0 Å². The molecule has 0 aromatic heterocycles. The third kappa shape index (κ3) is 77.3. The van der Waals surface area contributed by atoms with Crippen LogP contribution in [-0.2, 0) is 32.7 Å². The predicted octanol–water partition coefficient (Wildman–Crippen LogP) is 26.2. The van der Waals surface area contributed by atoms with Crippen LogP contribution in [0.25, 0.3) is 0 Å². The van der Waals surface area contributed by atoms with Crippen molar-refractivity contribution in [1.29, 1.82) is 0 Å². The molecular formula is C83H146NO8P. The van der Waals surface area contributed by atoms with E-state index in [-0.39, 0.29) is 38.6 Å². The minimum atomic E-state index is -4.40. The molecule has 93 heavy (non-hydrogen) atoms. The van der Waals surface area contributed by atoms with Gasteiger partial charge in [0.1, 0.15) is 6.61 Å². The lowest BCUT2D eigenvalue weighted by atomic mass is 10.0. The topological polar surface area (TPSA) is 134 Å². The summed E-state index contributed by atoms with van der Waals surface area (Å²) in [7, 11) is -4.40. The van der Waals surface area contributed by atoms with Gasteiger partial charge in [-0.1, -0.05) is 367 Å². The molecule has 0 amide bonds. The molecule has 0 spiro atoms. The number of phosphoric ester groups is 1. The van der Waals surface area contributed by atoms with Crippen LogP contribution >= 0.6 is 7.82 Å². The highest BCUT2D eigenvalue weighted by atomic mass is 31.2. The highest BCUT2D eigenvalue weighted by Crippen LogP contribution is 2.43. The zero-order valence-electron chi connectivity index (χ0n) is 60.5. The van der Waals surface area contributed by atoms with Gasteiger partial charge in [0.2, 0.25) is 0 Å². The lowest BCUT2D eigenvalue weighted by Gasteiger charge is -2.19. The van der Waals surface area contributed by atoms with Crippen LogP contribution in [0.1, 0.15) is 361 Å². The van der Waals surface area contributed by atoms with Crippen molar-refractivity contribution in [3.05, 3.63) is 122 Å². The standard InChI is InChI=1S/C83H146NO8P/c1-3-5-7-9-11-13-15-17-19-21-23-25-27-29-31-33-35-37-39-40-42-43-45-47-49-51-53-55-57-59-61-63-65-67-69-71-73-75-82(85)89-79-81(80-91-93(87,88)90-78-77-84)92-83(86)76-74-72-70-68-66-64-62-60-58-56-54-52-50-48-46-44-41-38-36-34-32-30-28-26-24-22-20-18-16-14-12-10-8-6-4-2/h5-8,11-14,17-20,23-26,30,32,36,38,81H,3-4,9-10,15-16,21-22,27-29,31,33-35,37,39-80,84H2,1-2H3,(H,87,88)/b7-5-,8-6-,13-11-,14-12-,19-17-,20-18-,25-23-,26-24-,32-30-,38-36-. The molecule has 10 heteroatoms. The Balaban J connectivity index is 3.80. The SMILES string of the molecule is CC/C=C\C/C=C\C/C=C\C/C=C\C/C=C\C/C=C\CCCCCCCCCCCCCCCCCCC(=O)OC(COC(=O)CCCCCCCCCCCCCCCCCCCCCCCCCC/C=C\C/C=C\C/C=C\C/C=C\CC)COP(=O)(O)OCCN. The molecule has 2 atom stereocenters. The molecule has 0 aromatic carbocycles. The molecule has 0 saturated carbocycles. The van der Waals surface area contributed by atoms with Crippen LogP contribution in [0.3, 0.4) is 0 Å². The molecule has 0 rings (SSSR count). The number of ether oxygens (including phenoxy) is 2. The Labute approximate surface area is 574 Å². The van der Waals surface area contributed by atoms with Crippen LogP contribution in [0.2, 0.25) is 0 Å². The molecule has 0 aliphatic rings. The number of unbranched alkanes of at least 4 members (excludes halogenated alkanes) is 40. The van der Waals surface area contributed by atoms with E-state index in [1.54, 1.807) is 0 Å². The Bertz CT molecular complexity index is 1950. The minimum absolute atomic E-state index is 0.0518. The third-order valence-corrected chi connectivity index (χ3v) is 17.8. The van der Waals surface area contributed by atoms with E-state index in [0.29, 0.717) is 6.42 Å². The molecule has 3 N–H and O–H groups in total. The lowest BCUT2D eigenvalue weighted by Crippen LogP contribution is -2.29. The van der Waals surface area contributed by atoms with Gasteiger partial charge in [-0.25, -0.2) is 4.57 Å². The summed E-state index contributed by atoms with van der Waals surface area (Å²) in [4.78, 5) is 35.5. The van der Waals surface area contributed by atoms with Crippen molar-refractivity contribution in [2.45, 2.75) is 367 Å². The molecule has 0 bridgehead atoms. The smallest absolute Gasteiger partial charge is 0.462 e. The molecule has 0 aromatic rings. The number of hydrogen-bond acceptors (Lipinski definition) is 8. The predicted molar refractivity (Wildman–Crippen MR) is 404 cm³/mol. The van der Waals surface area contributed by atoms with Crippen LogP contribution < -0.4 is 5.73 Å². The summed E-state index contributed by atoms with van der Waals surface area (Å²) < 4.78 is 33.3.